The van der Waals surface area contributed by atoms with Crippen molar-refractivity contribution in [1.29, 1.82) is 0 Å². The maximum atomic E-state index is 5.33. The van der Waals surface area contributed by atoms with Gasteiger partial charge in [0.25, 0.3) is 0 Å². The molecule has 0 radical (unpaired) electrons. The van der Waals surface area contributed by atoms with Crippen LogP contribution in [0.5, 0.6) is 0 Å². The highest BCUT2D eigenvalue weighted by atomic mass is 35.5. The van der Waals surface area contributed by atoms with Crippen molar-refractivity contribution in [3.05, 3.63) is 0 Å². The topological polar surface area (TPSA) is 12.0 Å². The van der Waals surface area contributed by atoms with Crippen LogP contribution < -0.4 is 5.32 Å². The molecule has 2 heteroatoms. The average molecular weight is 106 g/mol. The summed E-state index contributed by atoms with van der Waals surface area (Å²) in [5, 5.41) is 3.08. The smallest absolute Gasteiger partial charge is 0.0715 e. The van der Waals surface area contributed by atoms with Gasteiger partial charge >= 0.3 is 0 Å². The minimum atomic E-state index is 0.616. The molecular weight excluding hydrogens is 97.5 g/mol. The van der Waals surface area contributed by atoms with Crippen LogP contribution in [0.2, 0.25) is 0 Å². The van der Waals surface area contributed by atoms with E-state index in [-0.39, 0.29) is 0 Å². The molecule has 1 rings (SSSR count). The highest BCUT2D eigenvalue weighted by Gasteiger charge is 2.18. The molecule has 1 nitrogen and oxygen atoms in total. The van der Waals surface area contributed by atoms with Crippen LogP contribution in [0.4, 0.5) is 0 Å². The lowest BCUT2D eigenvalue weighted by molar-refractivity contribution is 0.784. The van der Waals surface area contributed by atoms with E-state index in [4.69, 9.17) is 11.6 Å². The van der Waals surface area contributed by atoms with Crippen molar-refractivity contribution in [2.75, 3.05) is 6.00 Å². The number of rotatable bonds is 2. The summed E-state index contributed by atoms with van der Waals surface area (Å²) in [4.78, 5) is 0. The van der Waals surface area contributed by atoms with Crippen molar-refractivity contribution in [2.24, 2.45) is 0 Å². The van der Waals surface area contributed by atoms with E-state index in [9.17, 15) is 0 Å². The van der Waals surface area contributed by atoms with Crippen LogP contribution in [0, 0.1) is 0 Å². The van der Waals surface area contributed by atoms with E-state index >= 15 is 0 Å². The molecule has 6 heavy (non-hydrogen) atoms. The second-order valence-electron chi connectivity index (χ2n) is 1.61. The second-order valence-corrected chi connectivity index (χ2v) is 1.88. The third-order valence-corrected chi connectivity index (χ3v) is 1.10. The third kappa shape index (κ3) is 1.15. The number of hydrogen-bond acceptors (Lipinski definition) is 1. The average Bonchev–Trinajstić information content (AvgIpc) is 2.21. The lowest BCUT2D eigenvalue weighted by atomic mass is 10.7. The molecule has 1 saturated carbocycles. The quantitative estimate of drug-likeness (QED) is 0.407. The van der Waals surface area contributed by atoms with Gasteiger partial charge in [0.15, 0.2) is 0 Å². The van der Waals surface area contributed by atoms with Gasteiger partial charge < -0.3 is 5.32 Å². The molecule has 0 unspecified atom stereocenters. The van der Waals surface area contributed by atoms with Crippen LogP contribution in [-0.2, 0) is 0 Å². The Morgan fingerprint density at radius 1 is 1.67 bits per heavy atom. The summed E-state index contributed by atoms with van der Waals surface area (Å²) in [6.07, 6.45) is 2.65. The Kier molecular flexibility index (Phi) is 1.33. The van der Waals surface area contributed by atoms with Crippen LogP contribution in [0.25, 0.3) is 0 Å². The van der Waals surface area contributed by atoms with Crippen LogP contribution in [0.1, 0.15) is 12.8 Å². The zero-order valence-corrected chi connectivity index (χ0v) is 4.33. The van der Waals surface area contributed by atoms with Gasteiger partial charge in [-0.3, -0.25) is 0 Å². The molecule has 0 atom stereocenters. The van der Waals surface area contributed by atoms with Gasteiger partial charge in [-0.2, -0.15) is 0 Å². The Balaban J connectivity index is 1.88. The van der Waals surface area contributed by atoms with Crippen LogP contribution >= 0.6 is 11.6 Å². The zero-order valence-electron chi connectivity index (χ0n) is 3.58. The summed E-state index contributed by atoms with van der Waals surface area (Å²) in [5.41, 5.74) is 0. The second kappa shape index (κ2) is 1.80. The molecule has 1 aliphatic carbocycles. The maximum Gasteiger partial charge on any atom is 0.0715 e. The van der Waals surface area contributed by atoms with Crippen LogP contribution in [0.15, 0.2) is 0 Å². The lowest BCUT2D eigenvalue weighted by Gasteiger charge is -1.87. The lowest BCUT2D eigenvalue weighted by Crippen LogP contribution is -2.12. The van der Waals surface area contributed by atoms with Gasteiger partial charge in [-0.1, -0.05) is 0 Å². The molecule has 0 bridgehead atoms. The van der Waals surface area contributed by atoms with Gasteiger partial charge in [0.2, 0.25) is 0 Å². The Bertz CT molecular complexity index is 42.8. The monoisotopic (exact) mass is 105 g/mol. The highest BCUT2D eigenvalue weighted by Crippen LogP contribution is 2.17. The number of nitrogens with one attached hydrogen (secondary N) is 1. The largest absolute Gasteiger partial charge is 0.301 e. The summed E-state index contributed by atoms with van der Waals surface area (Å²) in [6.45, 7) is 0. The van der Waals surface area contributed by atoms with E-state index in [2.05, 4.69) is 5.32 Å². The summed E-state index contributed by atoms with van der Waals surface area (Å²) >= 11 is 5.33. The van der Waals surface area contributed by atoms with Crippen molar-refractivity contribution in [2.45, 2.75) is 18.9 Å². The van der Waals surface area contributed by atoms with Crippen molar-refractivity contribution in [3.8, 4) is 0 Å². The van der Waals surface area contributed by atoms with Gasteiger partial charge in [-0.15, -0.1) is 11.6 Å². The first kappa shape index (κ1) is 4.41. The van der Waals surface area contributed by atoms with Gasteiger partial charge in [-0.05, 0) is 12.8 Å². The molecule has 0 spiro atoms. The molecule has 0 aromatic carbocycles. The molecule has 0 heterocycles. The van der Waals surface area contributed by atoms with E-state index in [1.807, 2.05) is 0 Å². The molecule has 1 N–H and O–H groups in total. The van der Waals surface area contributed by atoms with Gasteiger partial charge in [-0.25, -0.2) is 0 Å². The van der Waals surface area contributed by atoms with Gasteiger partial charge in [0.05, 0.1) is 6.00 Å². The maximum absolute atomic E-state index is 5.33. The van der Waals surface area contributed by atoms with Gasteiger partial charge in [0.1, 0.15) is 0 Å². The molecular formula is C4H8ClN. The molecule has 36 valence electrons. The van der Waals surface area contributed by atoms with E-state index in [1.165, 1.54) is 12.8 Å². The first-order chi connectivity index (χ1) is 2.93. The van der Waals surface area contributed by atoms with E-state index < -0.39 is 0 Å². The summed E-state index contributed by atoms with van der Waals surface area (Å²) in [6, 6.07) is 1.38. The Morgan fingerprint density at radius 3 is 2.50 bits per heavy atom. The zero-order chi connectivity index (χ0) is 4.41. The fourth-order valence-electron chi connectivity index (χ4n) is 0.397. The molecule has 1 fully saturated rings. The summed E-state index contributed by atoms with van der Waals surface area (Å²) < 4.78 is 0. The van der Waals surface area contributed by atoms with E-state index in [1.54, 1.807) is 0 Å². The highest BCUT2D eigenvalue weighted by molar-refractivity contribution is 6.17. The molecule has 0 aromatic heterocycles. The van der Waals surface area contributed by atoms with Crippen molar-refractivity contribution in [1.82, 2.24) is 5.32 Å². The summed E-state index contributed by atoms with van der Waals surface area (Å²) in [5.74, 6) is 0. The van der Waals surface area contributed by atoms with Crippen LogP contribution in [-0.4, -0.2) is 12.0 Å². The van der Waals surface area contributed by atoms with Crippen molar-refractivity contribution < 1.29 is 0 Å². The van der Waals surface area contributed by atoms with Crippen molar-refractivity contribution in [3.63, 3.8) is 0 Å². The minimum Gasteiger partial charge on any atom is -0.301 e. The first-order valence-corrected chi connectivity index (χ1v) is 2.76. The SMILES string of the molecule is ClCNC1CC1. The van der Waals surface area contributed by atoms with E-state index in [0.29, 0.717) is 6.00 Å². The predicted molar refractivity (Wildman–Crippen MR) is 26.9 cm³/mol. The molecule has 0 saturated heterocycles. The Hall–Kier alpha value is 0.250. The van der Waals surface area contributed by atoms with Crippen molar-refractivity contribution >= 4 is 11.6 Å². The third-order valence-electron chi connectivity index (χ3n) is 0.943. The predicted octanol–water partition coefficient (Wildman–Crippen LogP) is 0.935. The normalized spacial score (nSPS) is 21.5. The molecule has 0 aromatic rings. The fraction of sp³-hybridized carbons (Fsp3) is 1.00. The first-order valence-electron chi connectivity index (χ1n) is 2.23. The standard InChI is InChI=1S/C4H8ClN/c5-3-6-4-1-2-4/h4,6H,1-3H2. The Morgan fingerprint density at radius 2 is 2.33 bits per heavy atom. The molecule has 1 aliphatic rings. The molecule has 0 aliphatic heterocycles. The van der Waals surface area contributed by atoms with Gasteiger partial charge in [0, 0.05) is 6.04 Å². The fourth-order valence-corrected chi connectivity index (χ4v) is 0.615. The number of alkyl halides is 1. The van der Waals surface area contributed by atoms with Crippen LogP contribution in [0.3, 0.4) is 0 Å². The summed E-state index contributed by atoms with van der Waals surface area (Å²) in [7, 11) is 0. The number of halogens is 1. The van der Waals surface area contributed by atoms with E-state index in [0.717, 1.165) is 6.04 Å². The minimum absolute atomic E-state index is 0.616. The molecule has 0 amide bonds. The number of hydrogen-bond donors (Lipinski definition) is 1. The Labute approximate surface area is 42.7 Å².